The second-order valence-corrected chi connectivity index (χ2v) is 3.73. The number of hydrogen-bond donors (Lipinski definition) is 2. The molecule has 0 aliphatic rings. The lowest BCUT2D eigenvalue weighted by Gasteiger charge is -2.06. The van der Waals surface area contributed by atoms with E-state index >= 15 is 0 Å². The number of hydrogen-bond acceptors (Lipinski definition) is 1. The van der Waals surface area contributed by atoms with Crippen molar-refractivity contribution in [3.63, 3.8) is 0 Å². The first-order chi connectivity index (χ1) is 7.08. The fourth-order valence-electron chi connectivity index (χ4n) is 0.988. The van der Waals surface area contributed by atoms with Crippen LogP contribution in [0.5, 0.6) is 0 Å². The summed E-state index contributed by atoms with van der Waals surface area (Å²) in [5, 5.41) is 5.64. The van der Waals surface area contributed by atoms with Gasteiger partial charge < -0.3 is 10.6 Å². The summed E-state index contributed by atoms with van der Waals surface area (Å²) in [4.78, 5) is 11.3. The minimum atomic E-state index is -0.291. The highest BCUT2D eigenvalue weighted by Gasteiger charge is 2.00. The monoisotopic (exact) mass is 224 g/mol. The first kappa shape index (κ1) is 11.6. The number of benzene rings is 1. The van der Waals surface area contributed by atoms with E-state index in [4.69, 9.17) is 11.6 Å². The number of carbonyl (C=O) groups is 1. The number of nitrogens with one attached hydrogen (secondary N) is 2. The zero-order valence-electron chi connectivity index (χ0n) is 8.51. The van der Waals surface area contributed by atoms with Gasteiger partial charge >= 0.3 is 6.03 Å². The van der Waals surface area contributed by atoms with Crippen molar-refractivity contribution in [2.45, 2.75) is 6.92 Å². The van der Waals surface area contributed by atoms with Crippen molar-refractivity contribution in [3.8, 4) is 0 Å². The zero-order valence-corrected chi connectivity index (χ0v) is 9.27. The van der Waals surface area contributed by atoms with Crippen molar-refractivity contribution in [2.75, 3.05) is 11.9 Å². The van der Waals surface area contributed by atoms with Crippen LogP contribution in [0.3, 0.4) is 0 Å². The molecule has 1 aromatic carbocycles. The van der Waals surface area contributed by atoms with E-state index in [1.54, 1.807) is 0 Å². The van der Waals surface area contributed by atoms with Gasteiger partial charge in [-0.05, 0) is 19.1 Å². The van der Waals surface area contributed by atoms with E-state index in [2.05, 4.69) is 17.2 Å². The molecular weight excluding hydrogens is 212 g/mol. The Hall–Kier alpha value is -1.48. The number of carbonyl (C=O) groups excluding carboxylic acids is 1. The zero-order chi connectivity index (χ0) is 11.3. The fraction of sp³-hybridized carbons (Fsp3) is 0.182. The molecule has 0 radical (unpaired) electrons. The molecule has 0 saturated heterocycles. The lowest BCUT2D eigenvalue weighted by molar-refractivity contribution is 0.253. The lowest BCUT2D eigenvalue weighted by atomic mass is 10.2. The van der Waals surface area contributed by atoms with Gasteiger partial charge in [0.25, 0.3) is 0 Å². The van der Waals surface area contributed by atoms with Gasteiger partial charge in [-0.15, -0.1) is 0 Å². The Balaban J connectivity index is 2.44. The maximum absolute atomic E-state index is 11.3. The Labute approximate surface area is 94.1 Å². The predicted octanol–water partition coefficient (Wildman–Crippen LogP) is 2.87. The van der Waals surface area contributed by atoms with E-state index < -0.39 is 0 Å². The minimum absolute atomic E-state index is 0.263. The van der Waals surface area contributed by atoms with Gasteiger partial charge in [-0.3, -0.25) is 0 Å². The first-order valence-electron chi connectivity index (χ1n) is 4.53. The third-order valence-corrected chi connectivity index (χ3v) is 1.88. The normalized spacial score (nSPS) is 9.47. The van der Waals surface area contributed by atoms with Gasteiger partial charge in [0.05, 0.1) is 6.54 Å². The average molecular weight is 225 g/mol. The van der Waals surface area contributed by atoms with E-state index in [1.165, 1.54) is 0 Å². The van der Waals surface area contributed by atoms with Crippen LogP contribution in [0.2, 0.25) is 0 Å². The van der Waals surface area contributed by atoms with Crippen molar-refractivity contribution in [3.05, 3.63) is 41.4 Å². The van der Waals surface area contributed by atoms with Crippen LogP contribution < -0.4 is 10.6 Å². The van der Waals surface area contributed by atoms with Gasteiger partial charge in [0, 0.05) is 10.7 Å². The highest BCUT2D eigenvalue weighted by molar-refractivity contribution is 6.29. The Morgan fingerprint density at radius 2 is 2.00 bits per heavy atom. The van der Waals surface area contributed by atoms with Crippen molar-refractivity contribution < 1.29 is 4.79 Å². The number of anilines is 1. The third kappa shape index (κ3) is 4.51. The van der Waals surface area contributed by atoms with Gasteiger partial charge in [0.15, 0.2) is 0 Å². The topological polar surface area (TPSA) is 41.1 Å². The molecule has 0 spiro atoms. The second-order valence-electron chi connectivity index (χ2n) is 3.19. The number of urea groups is 1. The van der Waals surface area contributed by atoms with Crippen LogP contribution >= 0.6 is 11.6 Å². The molecule has 0 fully saturated rings. The summed E-state index contributed by atoms with van der Waals surface area (Å²) in [7, 11) is 0. The minimum Gasteiger partial charge on any atom is -0.333 e. The molecule has 0 aliphatic heterocycles. The molecule has 15 heavy (non-hydrogen) atoms. The quantitative estimate of drug-likeness (QED) is 0.815. The Kier molecular flexibility index (Phi) is 4.18. The Morgan fingerprint density at radius 1 is 1.40 bits per heavy atom. The summed E-state index contributed by atoms with van der Waals surface area (Å²) in [5.41, 5.74) is 1.90. The SMILES string of the molecule is C=C(Cl)CNC(=O)Nc1ccc(C)cc1. The van der Waals surface area contributed by atoms with Crippen molar-refractivity contribution >= 4 is 23.3 Å². The van der Waals surface area contributed by atoms with Crippen molar-refractivity contribution in [1.29, 1.82) is 0 Å². The van der Waals surface area contributed by atoms with Crippen LogP contribution in [0.25, 0.3) is 0 Å². The molecule has 0 heterocycles. The van der Waals surface area contributed by atoms with Crippen LogP contribution in [0.1, 0.15) is 5.56 Å². The molecule has 2 amide bonds. The molecule has 2 N–H and O–H groups in total. The van der Waals surface area contributed by atoms with E-state index in [1.807, 2.05) is 31.2 Å². The molecule has 0 bridgehead atoms. The molecule has 3 nitrogen and oxygen atoms in total. The number of amides is 2. The van der Waals surface area contributed by atoms with Crippen LogP contribution in [0.15, 0.2) is 35.9 Å². The number of rotatable bonds is 3. The number of aryl methyl sites for hydroxylation is 1. The second kappa shape index (κ2) is 5.41. The highest BCUT2D eigenvalue weighted by atomic mass is 35.5. The molecule has 1 rings (SSSR count). The van der Waals surface area contributed by atoms with Gasteiger partial charge in [-0.2, -0.15) is 0 Å². The van der Waals surface area contributed by atoms with Crippen molar-refractivity contribution in [1.82, 2.24) is 5.32 Å². The standard InChI is InChI=1S/C11H13ClN2O/c1-8-3-5-10(6-4-8)14-11(15)13-7-9(2)12/h3-6H,2,7H2,1H3,(H2,13,14,15). The maximum Gasteiger partial charge on any atom is 0.319 e. The number of halogens is 1. The van der Waals surface area contributed by atoms with Gasteiger partial charge in [-0.1, -0.05) is 35.9 Å². The highest BCUT2D eigenvalue weighted by Crippen LogP contribution is 2.08. The molecular formula is C11H13ClN2O. The molecule has 0 atom stereocenters. The summed E-state index contributed by atoms with van der Waals surface area (Å²) in [6.07, 6.45) is 0. The van der Waals surface area contributed by atoms with Gasteiger partial charge in [0.1, 0.15) is 0 Å². The smallest absolute Gasteiger partial charge is 0.319 e. The fourth-order valence-corrected chi connectivity index (χ4v) is 1.06. The summed E-state index contributed by atoms with van der Waals surface area (Å²) in [6, 6.07) is 7.24. The maximum atomic E-state index is 11.3. The molecule has 0 saturated carbocycles. The molecule has 0 aromatic heterocycles. The van der Waals surface area contributed by atoms with Crippen LogP contribution in [-0.4, -0.2) is 12.6 Å². The largest absolute Gasteiger partial charge is 0.333 e. The van der Waals surface area contributed by atoms with E-state index in [0.717, 1.165) is 11.3 Å². The summed E-state index contributed by atoms with van der Waals surface area (Å²) in [5.74, 6) is 0. The van der Waals surface area contributed by atoms with Gasteiger partial charge in [-0.25, -0.2) is 4.79 Å². The third-order valence-electron chi connectivity index (χ3n) is 1.75. The van der Waals surface area contributed by atoms with Crippen LogP contribution in [-0.2, 0) is 0 Å². The molecule has 0 unspecified atom stereocenters. The molecule has 4 heteroatoms. The van der Waals surface area contributed by atoms with E-state index in [9.17, 15) is 4.79 Å². The van der Waals surface area contributed by atoms with Crippen LogP contribution in [0, 0.1) is 6.92 Å². The molecule has 0 aliphatic carbocycles. The Bertz CT molecular complexity index is 359. The average Bonchev–Trinajstić information content (AvgIpc) is 2.19. The van der Waals surface area contributed by atoms with Gasteiger partial charge in [0.2, 0.25) is 0 Å². The van der Waals surface area contributed by atoms with E-state index in [0.29, 0.717) is 5.03 Å². The van der Waals surface area contributed by atoms with Crippen molar-refractivity contribution in [2.24, 2.45) is 0 Å². The lowest BCUT2D eigenvalue weighted by Crippen LogP contribution is -2.29. The van der Waals surface area contributed by atoms with E-state index in [-0.39, 0.29) is 12.6 Å². The molecule has 80 valence electrons. The summed E-state index contributed by atoms with van der Waals surface area (Å²) >= 11 is 5.51. The summed E-state index contributed by atoms with van der Waals surface area (Å²) < 4.78 is 0. The predicted molar refractivity (Wildman–Crippen MR) is 63.2 cm³/mol. The Morgan fingerprint density at radius 3 is 2.53 bits per heavy atom. The first-order valence-corrected chi connectivity index (χ1v) is 4.90. The van der Waals surface area contributed by atoms with Crippen LogP contribution in [0.4, 0.5) is 10.5 Å². The summed E-state index contributed by atoms with van der Waals surface area (Å²) in [6.45, 7) is 5.72. The molecule has 1 aromatic rings.